The highest BCUT2D eigenvalue weighted by Crippen LogP contribution is 2.29. The SMILES string of the molecule is CC(C)(C)c1ccccc1NC(=O)/C=C/c1cccc(Cl)c1. The monoisotopic (exact) mass is 313 g/mol. The third-order valence-electron chi connectivity index (χ3n) is 3.27. The zero-order chi connectivity index (χ0) is 16.2. The van der Waals surface area contributed by atoms with E-state index >= 15 is 0 Å². The molecule has 0 aliphatic rings. The average Bonchev–Trinajstić information content (AvgIpc) is 2.45. The van der Waals surface area contributed by atoms with Crippen molar-refractivity contribution in [1.82, 2.24) is 0 Å². The lowest BCUT2D eigenvalue weighted by Crippen LogP contribution is -2.17. The molecule has 2 nitrogen and oxygen atoms in total. The van der Waals surface area contributed by atoms with Gasteiger partial charge in [0.05, 0.1) is 0 Å². The Labute approximate surface area is 136 Å². The maximum atomic E-state index is 12.1. The average molecular weight is 314 g/mol. The largest absolute Gasteiger partial charge is 0.322 e. The fraction of sp³-hybridized carbons (Fsp3) is 0.211. The molecule has 1 N–H and O–H groups in total. The molecule has 1 amide bonds. The van der Waals surface area contributed by atoms with Crippen LogP contribution in [0.1, 0.15) is 31.9 Å². The number of carbonyl (C=O) groups is 1. The summed E-state index contributed by atoms with van der Waals surface area (Å²) >= 11 is 5.93. The topological polar surface area (TPSA) is 29.1 Å². The normalized spacial score (nSPS) is 11.6. The van der Waals surface area contributed by atoms with Crippen LogP contribution >= 0.6 is 11.6 Å². The molecule has 2 aromatic carbocycles. The first-order valence-electron chi connectivity index (χ1n) is 7.20. The van der Waals surface area contributed by atoms with Gasteiger partial charge in [0, 0.05) is 16.8 Å². The van der Waals surface area contributed by atoms with Crippen LogP contribution in [0.25, 0.3) is 6.08 Å². The van der Waals surface area contributed by atoms with Crippen LogP contribution in [0.15, 0.2) is 54.6 Å². The molecule has 0 atom stereocenters. The highest BCUT2D eigenvalue weighted by molar-refractivity contribution is 6.30. The van der Waals surface area contributed by atoms with E-state index in [0.717, 1.165) is 16.8 Å². The Bertz CT molecular complexity index is 699. The molecule has 0 fully saturated rings. The van der Waals surface area contributed by atoms with E-state index in [9.17, 15) is 4.79 Å². The van der Waals surface area contributed by atoms with Crippen molar-refractivity contribution < 1.29 is 4.79 Å². The second-order valence-electron chi connectivity index (χ2n) is 6.17. The molecular formula is C19H20ClNO. The molecule has 2 aromatic rings. The van der Waals surface area contributed by atoms with Gasteiger partial charge in [-0.05, 0) is 40.8 Å². The fourth-order valence-corrected chi connectivity index (χ4v) is 2.40. The predicted octanol–water partition coefficient (Wildman–Crippen LogP) is 5.29. The number of carbonyl (C=O) groups excluding carboxylic acids is 1. The Morgan fingerprint density at radius 3 is 2.50 bits per heavy atom. The van der Waals surface area contributed by atoms with Crippen LogP contribution in [-0.2, 0) is 10.2 Å². The molecule has 22 heavy (non-hydrogen) atoms. The summed E-state index contributed by atoms with van der Waals surface area (Å²) in [6.45, 7) is 6.37. The summed E-state index contributed by atoms with van der Waals surface area (Å²) in [5.74, 6) is -0.156. The molecule has 0 spiro atoms. The Morgan fingerprint density at radius 2 is 1.82 bits per heavy atom. The maximum absolute atomic E-state index is 12.1. The van der Waals surface area contributed by atoms with E-state index in [1.807, 2.05) is 42.5 Å². The van der Waals surface area contributed by atoms with Gasteiger partial charge in [-0.15, -0.1) is 0 Å². The van der Waals surface area contributed by atoms with E-state index < -0.39 is 0 Å². The molecule has 0 bridgehead atoms. The molecule has 0 unspecified atom stereocenters. The van der Waals surface area contributed by atoms with Gasteiger partial charge < -0.3 is 5.32 Å². The lowest BCUT2D eigenvalue weighted by Gasteiger charge is -2.22. The van der Waals surface area contributed by atoms with Crippen LogP contribution in [0, 0.1) is 0 Å². The lowest BCUT2D eigenvalue weighted by atomic mass is 9.86. The van der Waals surface area contributed by atoms with Crippen molar-refractivity contribution in [1.29, 1.82) is 0 Å². The molecule has 3 heteroatoms. The molecular weight excluding hydrogens is 294 g/mol. The number of rotatable bonds is 3. The summed E-state index contributed by atoms with van der Waals surface area (Å²) in [6.07, 6.45) is 3.27. The smallest absolute Gasteiger partial charge is 0.248 e. The van der Waals surface area contributed by atoms with Crippen molar-refractivity contribution in [2.75, 3.05) is 5.32 Å². The quantitative estimate of drug-likeness (QED) is 0.766. The molecule has 114 valence electrons. The van der Waals surface area contributed by atoms with E-state index in [1.165, 1.54) is 6.08 Å². The number of hydrogen-bond acceptors (Lipinski definition) is 1. The summed E-state index contributed by atoms with van der Waals surface area (Å²) in [6, 6.07) is 15.2. The number of benzene rings is 2. The fourth-order valence-electron chi connectivity index (χ4n) is 2.20. The minimum atomic E-state index is -0.156. The number of amides is 1. The van der Waals surface area contributed by atoms with Crippen LogP contribution < -0.4 is 5.32 Å². The van der Waals surface area contributed by atoms with Crippen molar-refractivity contribution in [3.8, 4) is 0 Å². The molecule has 0 aliphatic carbocycles. The highest BCUT2D eigenvalue weighted by Gasteiger charge is 2.17. The molecule has 2 rings (SSSR count). The van der Waals surface area contributed by atoms with Crippen LogP contribution in [0.3, 0.4) is 0 Å². The van der Waals surface area contributed by atoms with Crippen molar-refractivity contribution in [2.24, 2.45) is 0 Å². The van der Waals surface area contributed by atoms with Crippen molar-refractivity contribution >= 4 is 29.3 Å². The summed E-state index contributed by atoms with van der Waals surface area (Å²) < 4.78 is 0. The molecule has 0 saturated carbocycles. The van der Waals surface area contributed by atoms with Gasteiger partial charge in [-0.3, -0.25) is 4.79 Å². The highest BCUT2D eigenvalue weighted by atomic mass is 35.5. The standard InChI is InChI=1S/C19H20ClNO/c1-19(2,3)16-9-4-5-10-17(16)21-18(22)12-11-14-7-6-8-15(20)13-14/h4-13H,1-3H3,(H,21,22)/b12-11+. The first-order chi connectivity index (χ1) is 10.4. The molecule has 0 saturated heterocycles. The van der Waals surface area contributed by atoms with Gasteiger partial charge in [-0.1, -0.05) is 62.7 Å². The van der Waals surface area contributed by atoms with Gasteiger partial charge in [0.2, 0.25) is 5.91 Å². The Morgan fingerprint density at radius 1 is 1.09 bits per heavy atom. The van der Waals surface area contributed by atoms with Gasteiger partial charge in [-0.2, -0.15) is 0 Å². The van der Waals surface area contributed by atoms with Crippen LogP contribution in [0.4, 0.5) is 5.69 Å². The number of hydrogen-bond donors (Lipinski definition) is 1. The zero-order valence-electron chi connectivity index (χ0n) is 13.1. The molecule has 0 radical (unpaired) electrons. The Kier molecular flexibility index (Phi) is 5.04. The second-order valence-corrected chi connectivity index (χ2v) is 6.61. The maximum Gasteiger partial charge on any atom is 0.248 e. The van der Waals surface area contributed by atoms with Crippen molar-refractivity contribution in [2.45, 2.75) is 26.2 Å². The molecule has 0 heterocycles. The predicted molar refractivity (Wildman–Crippen MR) is 94.3 cm³/mol. The lowest BCUT2D eigenvalue weighted by molar-refractivity contribution is -0.111. The van der Waals surface area contributed by atoms with E-state index in [2.05, 4.69) is 26.1 Å². The first-order valence-corrected chi connectivity index (χ1v) is 7.58. The number of halogens is 1. The summed E-state index contributed by atoms with van der Waals surface area (Å²) in [5, 5.41) is 3.60. The minimum Gasteiger partial charge on any atom is -0.322 e. The molecule has 0 aliphatic heterocycles. The number of anilines is 1. The number of nitrogens with one attached hydrogen (secondary N) is 1. The van der Waals surface area contributed by atoms with E-state index in [-0.39, 0.29) is 11.3 Å². The van der Waals surface area contributed by atoms with Gasteiger partial charge >= 0.3 is 0 Å². The second kappa shape index (κ2) is 6.80. The van der Waals surface area contributed by atoms with Gasteiger partial charge in [0.1, 0.15) is 0 Å². The van der Waals surface area contributed by atoms with Gasteiger partial charge in [-0.25, -0.2) is 0 Å². The van der Waals surface area contributed by atoms with Crippen LogP contribution in [-0.4, -0.2) is 5.91 Å². The van der Waals surface area contributed by atoms with E-state index in [1.54, 1.807) is 12.1 Å². The van der Waals surface area contributed by atoms with Gasteiger partial charge in [0.25, 0.3) is 0 Å². The van der Waals surface area contributed by atoms with Crippen LogP contribution in [0.2, 0.25) is 5.02 Å². The minimum absolute atomic E-state index is 0.0272. The third-order valence-corrected chi connectivity index (χ3v) is 3.50. The van der Waals surface area contributed by atoms with E-state index in [4.69, 9.17) is 11.6 Å². The third kappa shape index (κ3) is 4.47. The molecule has 0 aromatic heterocycles. The Hall–Kier alpha value is -2.06. The summed E-state index contributed by atoms with van der Waals surface area (Å²) in [4.78, 5) is 12.1. The Balaban J connectivity index is 2.13. The first kappa shape index (κ1) is 16.3. The zero-order valence-corrected chi connectivity index (χ0v) is 13.8. The van der Waals surface area contributed by atoms with Crippen LogP contribution in [0.5, 0.6) is 0 Å². The summed E-state index contributed by atoms with van der Waals surface area (Å²) in [5.41, 5.74) is 2.82. The van der Waals surface area contributed by atoms with E-state index in [0.29, 0.717) is 5.02 Å². The number of para-hydroxylation sites is 1. The summed E-state index contributed by atoms with van der Waals surface area (Å²) in [7, 11) is 0. The van der Waals surface area contributed by atoms with Gasteiger partial charge in [0.15, 0.2) is 0 Å². The van der Waals surface area contributed by atoms with Crippen molar-refractivity contribution in [3.63, 3.8) is 0 Å². The van der Waals surface area contributed by atoms with Crippen molar-refractivity contribution in [3.05, 3.63) is 70.8 Å².